The highest BCUT2D eigenvalue weighted by atomic mass is 16.6. The first-order valence-corrected chi connectivity index (χ1v) is 6.04. The summed E-state index contributed by atoms with van der Waals surface area (Å²) >= 11 is 0. The molecule has 0 radical (unpaired) electrons. The Morgan fingerprint density at radius 3 is 2.73 bits per heavy atom. The van der Waals surface area contributed by atoms with Crippen molar-refractivity contribution in [1.29, 1.82) is 0 Å². The Morgan fingerprint density at radius 1 is 1.27 bits per heavy atom. The van der Waals surface area contributed by atoms with Crippen LogP contribution in [0.15, 0.2) is 42.9 Å². The summed E-state index contributed by atoms with van der Waals surface area (Å²) in [6.07, 6.45) is 3.89. The number of hydrogen-bond acceptors (Lipinski definition) is 7. The summed E-state index contributed by atoms with van der Waals surface area (Å²) in [7, 11) is 0. The lowest BCUT2D eigenvalue weighted by molar-refractivity contribution is -0.383. The Bertz CT molecular complexity index is 705. The largest absolute Gasteiger partial charge is 0.451 e. The number of nitrogens with zero attached hydrogens (tertiary/aromatic N) is 3. The molecule has 0 aliphatic heterocycles. The fourth-order valence-electron chi connectivity index (χ4n) is 1.53. The van der Waals surface area contributed by atoms with E-state index in [1.165, 1.54) is 42.9 Å². The predicted octanol–water partition coefficient (Wildman–Crippen LogP) is 1.18. The number of esters is 1. The van der Waals surface area contributed by atoms with Gasteiger partial charge in [0.05, 0.1) is 11.1 Å². The minimum absolute atomic E-state index is 0.0213. The smallest absolute Gasteiger partial charge is 0.359 e. The molecule has 1 aromatic carbocycles. The van der Waals surface area contributed by atoms with E-state index in [-0.39, 0.29) is 17.1 Å². The minimum atomic E-state index is -0.814. The van der Waals surface area contributed by atoms with E-state index >= 15 is 0 Å². The van der Waals surface area contributed by atoms with Crippen molar-refractivity contribution >= 4 is 23.3 Å². The van der Waals surface area contributed by atoms with Crippen LogP contribution in [0.25, 0.3) is 0 Å². The van der Waals surface area contributed by atoms with Crippen molar-refractivity contribution in [2.24, 2.45) is 0 Å². The quantitative estimate of drug-likeness (QED) is 0.499. The van der Waals surface area contributed by atoms with Crippen molar-refractivity contribution in [1.82, 2.24) is 9.97 Å². The average molecular weight is 302 g/mol. The fraction of sp³-hybridized carbons (Fsp3) is 0.0769. The Morgan fingerprint density at radius 2 is 2.05 bits per heavy atom. The molecule has 0 atom stereocenters. The number of rotatable bonds is 5. The van der Waals surface area contributed by atoms with E-state index in [9.17, 15) is 19.7 Å². The van der Waals surface area contributed by atoms with Gasteiger partial charge in [-0.3, -0.25) is 19.9 Å². The molecule has 1 amide bonds. The summed E-state index contributed by atoms with van der Waals surface area (Å²) in [4.78, 5) is 40.8. The number of aromatic nitrogens is 2. The summed E-state index contributed by atoms with van der Waals surface area (Å²) in [5.41, 5.74) is -0.273. The number of nitro benzene ring substituents is 1. The van der Waals surface area contributed by atoms with Crippen LogP contribution < -0.4 is 5.32 Å². The lowest BCUT2D eigenvalue weighted by atomic mass is 10.2. The second-order valence-electron chi connectivity index (χ2n) is 3.99. The van der Waals surface area contributed by atoms with Crippen molar-refractivity contribution in [3.05, 3.63) is 58.7 Å². The normalized spacial score (nSPS) is 9.82. The van der Waals surface area contributed by atoms with E-state index in [2.05, 4.69) is 15.3 Å². The maximum atomic E-state index is 11.7. The molecule has 1 heterocycles. The summed E-state index contributed by atoms with van der Waals surface area (Å²) in [5.74, 6) is -1.52. The van der Waals surface area contributed by atoms with Crippen LogP contribution in [0.3, 0.4) is 0 Å². The van der Waals surface area contributed by atoms with E-state index in [1.807, 2.05) is 0 Å². The molecular formula is C13H10N4O5. The van der Waals surface area contributed by atoms with Crippen molar-refractivity contribution in [2.75, 3.05) is 11.9 Å². The maximum absolute atomic E-state index is 11.7. The highest BCUT2D eigenvalue weighted by Crippen LogP contribution is 2.22. The third kappa shape index (κ3) is 3.82. The Kier molecular flexibility index (Phi) is 4.70. The Balaban J connectivity index is 1.94. The van der Waals surface area contributed by atoms with Crippen LogP contribution in [0, 0.1) is 10.1 Å². The number of nitrogens with one attached hydrogen (secondary N) is 1. The number of nitro groups is 1. The number of carbonyl (C=O) groups excluding carboxylic acids is 2. The molecule has 9 nitrogen and oxygen atoms in total. The molecule has 22 heavy (non-hydrogen) atoms. The van der Waals surface area contributed by atoms with Crippen LogP contribution in [0.2, 0.25) is 0 Å². The van der Waals surface area contributed by atoms with E-state index in [0.717, 1.165) is 0 Å². The molecule has 0 aliphatic carbocycles. The summed E-state index contributed by atoms with van der Waals surface area (Å²) in [6, 6.07) is 5.64. The maximum Gasteiger partial charge on any atom is 0.359 e. The molecule has 0 fully saturated rings. The van der Waals surface area contributed by atoms with Gasteiger partial charge in [-0.25, -0.2) is 9.78 Å². The molecule has 0 unspecified atom stereocenters. The minimum Gasteiger partial charge on any atom is -0.451 e. The molecule has 0 bridgehead atoms. The van der Waals surface area contributed by atoms with E-state index in [4.69, 9.17) is 4.74 Å². The van der Waals surface area contributed by atoms with Gasteiger partial charge in [0.1, 0.15) is 5.69 Å². The molecule has 112 valence electrons. The van der Waals surface area contributed by atoms with Gasteiger partial charge in [0.25, 0.3) is 11.6 Å². The molecule has 0 saturated carbocycles. The predicted molar refractivity (Wildman–Crippen MR) is 74.0 cm³/mol. The zero-order chi connectivity index (χ0) is 15.9. The highest BCUT2D eigenvalue weighted by Gasteiger charge is 2.16. The number of anilines is 1. The highest BCUT2D eigenvalue weighted by molar-refractivity contribution is 5.96. The van der Waals surface area contributed by atoms with Crippen LogP contribution in [0.5, 0.6) is 0 Å². The monoisotopic (exact) mass is 302 g/mol. The van der Waals surface area contributed by atoms with Crippen LogP contribution in [-0.2, 0) is 9.53 Å². The number of para-hydroxylation sites is 2. The third-order valence-corrected chi connectivity index (χ3v) is 2.48. The van der Waals surface area contributed by atoms with Gasteiger partial charge in [0.15, 0.2) is 12.3 Å². The molecule has 0 aliphatic rings. The zero-order valence-electron chi connectivity index (χ0n) is 11.1. The molecule has 1 aromatic heterocycles. The fourth-order valence-corrected chi connectivity index (χ4v) is 1.53. The van der Waals surface area contributed by atoms with Gasteiger partial charge in [0, 0.05) is 18.5 Å². The van der Waals surface area contributed by atoms with Crippen molar-refractivity contribution in [3.63, 3.8) is 0 Å². The number of amides is 1. The molecule has 9 heteroatoms. The van der Waals surface area contributed by atoms with Gasteiger partial charge < -0.3 is 10.1 Å². The lowest BCUT2D eigenvalue weighted by Crippen LogP contribution is -2.21. The van der Waals surface area contributed by atoms with E-state index in [0.29, 0.717) is 0 Å². The summed E-state index contributed by atoms with van der Waals surface area (Å²) in [5, 5.41) is 13.1. The lowest BCUT2D eigenvalue weighted by Gasteiger charge is -2.06. The second-order valence-corrected chi connectivity index (χ2v) is 3.99. The van der Waals surface area contributed by atoms with Gasteiger partial charge in [0.2, 0.25) is 0 Å². The van der Waals surface area contributed by atoms with Crippen molar-refractivity contribution in [2.45, 2.75) is 0 Å². The van der Waals surface area contributed by atoms with Gasteiger partial charge in [-0.2, -0.15) is 0 Å². The first kappa shape index (κ1) is 15.0. The molecule has 1 N–H and O–H groups in total. The first-order valence-electron chi connectivity index (χ1n) is 6.04. The number of carbonyl (C=O) groups is 2. The standard InChI is InChI=1S/C13H10N4O5/c18-12(8-22-13(19)10-7-14-5-6-15-10)16-9-3-1-2-4-11(9)17(20)21/h1-7H,8H2,(H,16,18). The number of benzene rings is 1. The topological polar surface area (TPSA) is 124 Å². The summed E-state index contributed by atoms with van der Waals surface area (Å²) in [6.45, 7) is -0.596. The van der Waals surface area contributed by atoms with Crippen LogP contribution in [-0.4, -0.2) is 33.4 Å². The average Bonchev–Trinajstić information content (AvgIpc) is 2.53. The van der Waals surface area contributed by atoms with Gasteiger partial charge in [-0.15, -0.1) is 0 Å². The second kappa shape index (κ2) is 6.88. The van der Waals surface area contributed by atoms with Crippen LogP contribution in [0.1, 0.15) is 10.5 Å². The van der Waals surface area contributed by atoms with Crippen molar-refractivity contribution in [3.8, 4) is 0 Å². The SMILES string of the molecule is O=C(COC(=O)c1cnccn1)Nc1ccccc1[N+](=O)[O-]. The van der Waals surface area contributed by atoms with Gasteiger partial charge >= 0.3 is 5.97 Å². The van der Waals surface area contributed by atoms with E-state index in [1.54, 1.807) is 0 Å². The zero-order valence-corrected chi connectivity index (χ0v) is 11.1. The van der Waals surface area contributed by atoms with Crippen LogP contribution in [0.4, 0.5) is 11.4 Å². The molecule has 0 saturated heterocycles. The van der Waals surface area contributed by atoms with Crippen molar-refractivity contribution < 1.29 is 19.2 Å². The third-order valence-electron chi connectivity index (χ3n) is 2.48. The van der Waals surface area contributed by atoms with Gasteiger partial charge in [-0.05, 0) is 6.07 Å². The Hall–Kier alpha value is -3.36. The molecule has 2 rings (SSSR count). The summed E-state index contributed by atoms with van der Waals surface area (Å²) < 4.78 is 4.74. The molecular weight excluding hydrogens is 292 g/mol. The first-order chi connectivity index (χ1) is 10.6. The molecule has 2 aromatic rings. The molecule has 0 spiro atoms. The number of hydrogen-bond donors (Lipinski definition) is 1. The van der Waals surface area contributed by atoms with Crippen LogP contribution >= 0.6 is 0 Å². The van der Waals surface area contributed by atoms with Gasteiger partial charge in [-0.1, -0.05) is 12.1 Å². The van der Waals surface area contributed by atoms with E-state index < -0.39 is 23.4 Å². The Labute approximate surface area is 124 Å². The number of ether oxygens (including phenoxy) is 1.